The third-order valence-corrected chi connectivity index (χ3v) is 2.00. The van der Waals surface area contributed by atoms with Crippen molar-refractivity contribution in [1.29, 1.82) is 0 Å². The van der Waals surface area contributed by atoms with E-state index in [0.29, 0.717) is 0 Å². The Morgan fingerprint density at radius 2 is 2.00 bits per heavy atom. The molecule has 1 nitrogen and oxygen atoms in total. The van der Waals surface area contributed by atoms with E-state index in [0.717, 1.165) is 6.04 Å². The van der Waals surface area contributed by atoms with Gasteiger partial charge in [0.15, 0.2) is 0 Å². The van der Waals surface area contributed by atoms with Gasteiger partial charge in [0.1, 0.15) is 0 Å². The molecule has 0 spiro atoms. The van der Waals surface area contributed by atoms with Crippen molar-refractivity contribution in [2.75, 3.05) is 0 Å². The highest BCUT2D eigenvalue weighted by Crippen LogP contribution is 2.32. The van der Waals surface area contributed by atoms with Crippen LogP contribution in [0.25, 0.3) is 0 Å². The lowest BCUT2D eigenvalue weighted by Gasteiger charge is -2.01. The predicted molar refractivity (Wildman–Crippen MR) is 28.6 cm³/mol. The van der Waals surface area contributed by atoms with Crippen LogP contribution in [0.3, 0.4) is 0 Å². The second-order valence-corrected chi connectivity index (χ2v) is 2.52. The number of nitrogens with one attached hydrogen (secondary N) is 1. The summed E-state index contributed by atoms with van der Waals surface area (Å²) in [5.41, 5.74) is 0. The van der Waals surface area contributed by atoms with Crippen LogP contribution < -0.4 is 5.32 Å². The lowest BCUT2D eigenvalue weighted by molar-refractivity contribution is 0.605. The Labute approximate surface area is 44.1 Å². The summed E-state index contributed by atoms with van der Waals surface area (Å²) in [4.78, 5) is 0. The first-order valence-corrected chi connectivity index (χ1v) is 3.06. The van der Waals surface area contributed by atoms with Crippen LogP contribution in [-0.4, -0.2) is 6.04 Å². The van der Waals surface area contributed by atoms with Crippen LogP contribution in [0, 0.1) is 6.04 Å². The minimum atomic E-state index is 0.884. The fraction of sp³-hybridized carbons (Fsp3) is 0.833. The molecule has 2 heterocycles. The molecule has 2 rings (SSSR count). The summed E-state index contributed by atoms with van der Waals surface area (Å²) in [7, 11) is 0. The highest BCUT2D eigenvalue weighted by molar-refractivity contribution is 5.04. The van der Waals surface area contributed by atoms with E-state index in [1.165, 1.54) is 25.7 Å². The second-order valence-electron chi connectivity index (χ2n) is 2.52. The molecule has 2 saturated heterocycles. The summed E-state index contributed by atoms with van der Waals surface area (Å²) in [5, 5.41) is 3.44. The lowest BCUT2D eigenvalue weighted by atomic mass is 10.0. The first kappa shape index (κ1) is 3.90. The summed E-state index contributed by atoms with van der Waals surface area (Å²) >= 11 is 0. The van der Waals surface area contributed by atoms with Crippen molar-refractivity contribution in [3.05, 3.63) is 6.04 Å². The van der Waals surface area contributed by atoms with Gasteiger partial charge in [0.2, 0.25) is 0 Å². The van der Waals surface area contributed by atoms with Crippen molar-refractivity contribution < 1.29 is 0 Å². The highest BCUT2D eigenvalue weighted by atomic mass is 15.0. The molecule has 7 heavy (non-hydrogen) atoms. The largest absolute Gasteiger partial charge is 0.307 e. The molecule has 0 aromatic carbocycles. The van der Waals surface area contributed by atoms with Crippen molar-refractivity contribution in [3.63, 3.8) is 0 Å². The van der Waals surface area contributed by atoms with Crippen LogP contribution in [0.2, 0.25) is 0 Å². The first-order chi connectivity index (χ1) is 3.45. The van der Waals surface area contributed by atoms with Gasteiger partial charge in [-0.15, -0.1) is 0 Å². The van der Waals surface area contributed by atoms with Crippen LogP contribution in [0.1, 0.15) is 25.7 Å². The highest BCUT2D eigenvalue weighted by Gasteiger charge is 2.30. The number of hydrogen-bond donors (Lipinski definition) is 1. The molecule has 1 N–H and O–H groups in total. The van der Waals surface area contributed by atoms with Gasteiger partial charge in [-0.05, 0) is 25.7 Å². The number of hydrogen-bond acceptors (Lipinski definition) is 1. The molecular formula is C6H10N. The maximum absolute atomic E-state index is 3.44. The molecular weight excluding hydrogens is 86.1 g/mol. The van der Waals surface area contributed by atoms with Gasteiger partial charge in [0.05, 0.1) is 0 Å². The van der Waals surface area contributed by atoms with E-state index in [1.54, 1.807) is 6.04 Å². The molecule has 1 heteroatoms. The van der Waals surface area contributed by atoms with Crippen molar-refractivity contribution in [2.24, 2.45) is 0 Å². The molecule has 0 aromatic rings. The molecule has 2 aliphatic rings. The maximum Gasteiger partial charge on any atom is 0.0367 e. The third kappa shape index (κ3) is 0.480. The van der Waals surface area contributed by atoms with Crippen LogP contribution >= 0.6 is 0 Å². The quantitative estimate of drug-likeness (QED) is 0.475. The second kappa shape index (κ2) is 1.22. The van der Waals surface area contributed by atoms with Crippen molar-refractivity contribution in [1.82, 2.24) is 5.32 Å². The Bertz CT molecular complexity index is 62.2. The molecule has 2 aliphatic heterocycles. The van der Waals surface area contributed by atoms with Crippen LogP contribution in [0.15, 0.2) is 0 Å². The zero-order valence-corrected chi connectivity index (χ0v) is 4.41. The van der Waals surface area contributed by atoms with Gasteiger partial charge in [-0.3, -0.25) is 0 Å². The average molecular weight is 96.2 g/mol. The van der Waals surface area contributed by atoms with Gasteiger partial charge in [0.25, 0.3) is 0 Å². The van der Waals surface area contributed by atoms with Gasteiger partial charge in [0, 0.05) is 12.1 Å². The molecule has 0 aliphatic carbocycles. The lowest BCUT2D eigenvalue weighted by Crippen LogP contribution is -2.13. The van der Waals surface area contributed by atoms with E-state index in [2.05, 4.69) is 5.32 Å². The van der Waals surface area contributed by atoms with Crippen LogP contribution in [0.5, 0.6) is 0 Å². The Hall–Kier alpha value is -0.0400. The average Bonchev–Trinajstić information content (AvgIpc) is 2.22. The van der Waals surface area contributed by atoms with Gasteiger partial charge in [-0.1, -0.05) is 0 Å². The molecule has 0 saturated carbocycles. The zero-order chi connectivity index (χ0) is 4.69. The van der Waals surface area contributed by atoms with Crippen LogP contribution in [-0.2, 0) is 0 Å². The third-order valence-electron chi connectivity index (χ3n) is 2.00. The summed E-state index contributed by atoms with van der Waals surface area (Å²) < 4.78 is 0. The minimum absolute atomic E-state index is 0.884. The molecule has 0 aromatic heterocycles. The van der Waals surface area contributed by atoms with Crippen LogP contribution in [0.4, 0.5) is 0 Å². The molecule has 0 unspecified atom stereocenters. The first-order valence-electron chi connectivity index (χ1n) is 3.06. The summed E-state index contributed by atoms with van der Waals surface area (Å²) in [5.74, 6) is 0. The van der Waals surface area contributed by atoms with E-state index < -0.39 is 0 Å². The molecule has 2 fully saturated rings. The van der Waals surface area contributed by atoms with Crippen molar-refractivity contribution in [2.45, 2.75) is 31.7 Å². The monoisotopic (exact) mass is 96.1 g/mol. The fourth-order valence-electron chi connectivity index (χ4n) is 1.54. The van der Waals surface area contributed by atoms with E-state index in [4.69, 9.17) is 0 Å². The fourth-order valence-corrected chi connectivity index (χ4v) is 1.54. The topological polar surface area (TPSA) is 12.0 Å². The summed E-state index contributed by atoms with van der Waals surface area (Å²) in [6, 6.07) is 2.50. The SMILES string of the molecule is C1CC2CC[C]1N2. The standard InChI is InChI=1S/C6H10N/c1-2-6-4-3-5(1)7-6/h5,7H,1-4H2. The Morgan fingerprint density at radius 3 is 2.14 bits per heavy atom. The minimum Gasteiger partial charge on any atom is -0.307 e. The van der Waals surface area contributed by atoms with E-state index in [1.807, 2.05) is 0 Å². The van der Waals surface area contributed by atoms with Gasteiger partial charge >= 0.3 is 0 Å². The van der Waals surface area contributed by atoms with Gasteiger partial charge in [-0.25, -0.2) is 0 Å². The molecule has 39 valence electrons. The molecule has 0 atom stereocenters. The van der Waals surface area contributed by atoms with E-state index >= 15 is 0 Å². The summed E-state index contributed by atoms with van der Waals surface area (Å²) in [6.45, 7) is 0. The Balaban J connectivity index is 2.12. The van der Waals surface area contributed by atoms with Gasteiger partial charge in [-0.2, -0.15) is 0 Å². The number of rotatable bonds is 0. The van der Waals surface area contributed by atoms with E-state index in [-0.39, 0.29) is 0 Å². The maximum atomic E-state index is 3.44. The van der Waals surface area contributed by atoms with Crippen molar-refractivity contribution >= 4 is 0 Å². The zero-order valence-electron chi connectivity index (χ0n) is 4.41. The van der Waals surface area contributed by atoms with E-state index in [9.17, 15) is 0 Å². The smallest absolute Gasteiger partial charge is 0.0367 e. The van der Waals surface area contributed by atoms with Crippen molar-refractivity contribution in [3.8, 4) is 0 Å². The molecule has 1 radical (unpaired) electrons. The van der Waals surface area contributed by atoms with Gasteiger partial charge < -0.3 is 5.32 Å². The molecule has 2 bridgehead atoms. The summed E-state index contributed by atoms with van der Waals surface area (Å²) in [6.07, 6.45) is 5.56. The number of fused-ring (bicyclic) bond motifs is 2. The Morgan fingerprint density at radius 1 is 1.29 bits per heavy atom. The predicted octanol–water partition coefficient (Wildman–Crippen LogP) is 1.06. The normalized spacial score (nSPS) is 32.6. The Kier molecular flexibility index (Phi) is 0.680. The molecule has 0 amide bonds.